The molecule has 0 fully saturated rings. The van der Waals surface area contributed by atoms with Gasteiger partial charge in [0.25, 0.3) is 0 Å². The van der Waals surface area contributed by atoms with Crippen molar-refractivity contribution >= 4 is 11.6 Å². The molecule has 1 aromatic rings. The Hall–Kier alpha value is -0.600. The number of nitrogens with zero attached hydrogens (tertiary/aromatic N) is 1. The number of rotatable bonds is 7. The van der Waals surface area contributed by atoms with Crippen LogP contribution in [0.5, 0.6) is 0 Å². The molecule has 2 nitrogen and oxygen atoms in total. The van der Waals surface area contributed by atoms with Crippen LogP contribution in [0, 0.1) is 5.92 Å². The summed E-state index contributed by atoms with van der Waals surface area (Å²) in [5, 5.41) is 4.28. The standard InChI is InChI=1S/C14H23ClN2/c1-4-6-11(3)9-14(17-5-2)12-7-8-16-10-13(12)15/h7-8,10-11,14,17H,4-6,9H2,1-3H3. The zero-order valence-electron chi connectivity index (χ0n) is 11.0. The summed E-state index contributed by atoms with van der Waals surface area (Å²) < 4.78 is 0. The number of aromatic nitrogens is 1. The van der Waals surface area contributed by atoms with Gasteiger partial charge < -0.3 is 5.32 Å². The fourth-order valence-electron chi connectivity index (χ4n) is 2.25. The molecule has 0 aliphatic rings. The number of nitrogens with one attached hydrogen (secondary N) is 1. The molecule has 2 unspecified atom stereocenters. The van der Waals surface area contributed by atoms with Crippen LogP contribution >= 0.6 is 11.6 Å². The zero-order chi connectivity index (χ0) is 12.7. The highest BCUT2D eigenvalue weighted by molar-refractivity contribution is 6.31. The van der Waals surface area contributed by atoms with Gasteiger partial charge in [0.15, 0.2) is 0 Å². The molecule has 96 valence electrons. The van der Waals surface area contributed by atoms with Gasteiger partial charge in [-0.15, -0.1) is 0 Å². The molecular formula is C14H23ClN2. The molecule has 3 heteroatoms. The number of hydrogen-bond acceptors (Lipinski definition) is 2. The Morgan fingerprint density at radius 3 is 2.76 bits per heavy atom. The van der Waals surface area contributed by atoms with Gasteiger partial charge in [0.05, 0.1) is 5.02 Å². The normalized spacial score (nSPS) is 14.6. The van der Waals surface area contributed by atoms with E-state index in [1.165, 1.54) is 18.4 Å². The molecule has 0 aliphatic carbocycles. The first-order valence-electron chi connectivity index (χ1n) is 6.51. The third-order valence-corrected chi connectivity index (χ3v) is 3.37. The van der Waals surface area contributed by atoms with E-state index in [9.17, 15) is 0 Å². The van der Waals surface area contributed by atoms with Crippen LogP contribution in [0.2, 0.25) is 5.02 Å². The molecule has 1 heterocycles. The molecule has 0 bridgehead atoms. The van der Waals surface area contributed by atoms with Gasteiger partial charge in [-0.1, -0.05) is 45.2 Å². The van der Waals surface area contributed by atoms with Gasteiger partial charge in [-0.3, -0.25) is 4.98 Å². The Labute approximate surface area is 110 Å². The molecule has 1 N–H and O–H groups in total. The maximum absolute atomic E-state index is 6.21. The second-order valence-electron chi connectivity index (χ2n) is 4.64. The highest BCUT2D eigenvalue weighted by atomic mass is 35.5. The smallest absolute Gasteiger partial charge is 0.0637 e. The SMILES string of the molecule is CCCC(C)CC(NCC)c1ccncc1Cl. The van der Waals surface area contributed by atoms with Gasteiger partial charge in [-0.2, -0.15) is 0 Å². The molecule has 0 amide bonds. The lowest BCUT2D eigenvalue weighted by Gasteiger charge is -2.22. The van der Waals surface area contributed by atoms with Crippen LogP contribution in [-0.2, 0) is 0 Å². The molecular weight excluding hydrogens is 232 g/mol. The van der Waals surface area contributed by atoms with Crippen LogP contribution in [-0.4, -0.2) is 11.5 Å². The third-order valence-electron chi connectivity index (χ3n) is 3.05. The van der Waals surface area contributed by atoms with Crippen molar-refractivity contribution in [3.05, 3.63) is 29.0 Å². The lowest BCUT2D eigenvalue weighted by atomic mass is 9.93. The monoisotopic (exact) mass is 254 g/mol. The molecule has 0 spiro atoms. The van der Waals surface area contributed by atoms with E-state index in [-0.39, 0.29) is 0 Å². The summed E-state index contributed by atoms with van der Waals surface area (Å²) in [5.74, 6) is 0.716. The maximum atomic E-state index is 6.21. The number of hydrogen-bond donors (Lipinski definition) is 1. The first-order valence-corrected chi connectivity index (χ1v) is 6.89. The van der Waals surface area contributed by atoms with Gasteiger partial charge in [0.1, 0.15) is 0 Å². The van der Waals surface area contributed by atoms with Crippen molar-refractivity contribution < 1.29 is 0 Å². The lowest BCUT2D eigenvalue weighted by Crippen LogP contribution is -2.23. The van der Waals surface area contributed by atoms with Crippen molar-refractivity contribution in [2.75, 3.05) is 6.54 Å². The number of halogens is 1. The van der Waals surface area contributed by atoms with Crippen molar-refractivity contribution in [1.82, 2.24) is 10.3 Å². The predicted octanol–water partition coefficient (Wildman–Crippen LogP) is 4.21. The highest BCUT2D eigenvalue weighted by Gasteiger charge is 2.16. The van der Waals surface area contributed by atoms with E-state index in [1.54, 1.807) is 6.20 Å². The fourth-order valence-corrected chi connectivity index (χ4v) is 2.50. The molecule has 0 saturated carbocycles. The third kappa shape index (κ3) is 4.64. The van der Waals surface area contributed by atoms with Crippen molar-refractivity contribution in [3.63, 3.8) is 0 Å². The van der Waals surface area contributed by atoms with Gasteiger partial charge in [-0.05, 0) is 30.5 Å². The fraction of sp³-hybridized carbons (Fsp3) is 0.643. The molecule has 0 saturated heterocycles. The van der Waals surface area contributed by atoms with Crippen LogP contribution in [0.4, 0.5) is 0 Å². The van der Waals surface area contributed by atoms with E-state index in [2.05, 4.69) is 31.1 Å². The summed E-state index contributed by atoms with van der Waals surface area (Å²) >= 11 is 6.21. The van der Waals surface area contributed by atoms with E-state index in [1.807, 2.05) is 12.3 Å². The van der Waals surface area contributed by atoms with E-state index in [4.69, 9.17) is 11.6 Å². The molecule has 0 aliphatic heterocycles. The van der Waals surface area contributed by atoms with Crippen molar-refractivity contribution in [2.45, 2.75) is 46.1 Å². The van der Waals surface area contributed by atoms with Crippen LogP contribution in [0.25, 0.3) is 0 Å². The van der Waals surface area contributed by atoms with Gasteiger partial charge in [0.2, 0.25) is 0 Å². The minimum atomic E-state index is 0.344. The Balaban J connectivity index is 2.75. The molecule has 1 aromatic heterocycles. The molecule has 1 rings (SSSR count). The van der Waals surface area contributed by atoms with E-state index < -0.39 is 0 Å². The Kier molecular flexibility index (Phi) is 6.53. The summed E-state index contributed by atoms with van der Waals surface area (Å²) in [7, 11) is 0. The predicted molar refractivity (Wildman–Crippen MR) is 74.4 cm³/mol. The second kappa shape index (κ2) is 7.67. The first-order chi connectivity index (χ1) is 8.19. The van der Waals surface area contributed by atoms with Crippen LogP contribution < -0.4 is 5.32 Å². The van der Waals surface area contributed by atoms with Gasteiger partial charge in [0, 0.05) is 18.4 Å². The van der Waals surface area contributed by atoms with E-state index in [0.717, 1.165) is 18.0 Å². The van der Waals surface area contributed by atoms with Crippen LogP contribution in [0.1, 0.15) is 51.6 Å². The van der Waals surface area contributed by atoms with E-state index in [0.29, 0.717) is 12.0 Å². The van der Waals surface area contributed by atoms with Crippen molar-refractivity contribution in [2.24, 2.45) is 5.92 Å². The summed E-state index contributed by atoms with van der Waals surface area (Å²) in [6.45, 7) is 7.63. The van der Waals surface area contributed by atoms with Crippen molar-refractivity contribution in [3.8, 4) is 0 Å². The molecule has 0 aromatic carbocycles. The molecule has 0 radical (unpaired) electrons. The molecule has 17 heavy (non-hydrogen) atoms. The highest BCUT2D eigenvalue weighted by Crippen LogP contribution is 2.28. The van der Waals surface area contributed by atoms with Gasteiger partial charge in [-0.25, -0.2) is 0 Å². The minimum Gasteiger partial charge on any atom is -0.310 e. The average molecular weight is 255 g/mol. The van der Waals surface area contributed by atoms with E-state index >= 15 is 0 Å². The second-order valence-corrected chi connectivity index (χ2v) is 5.04. The molecule has 2 atom stereocenters. The summed E-state index contributed by atoms with van der Waals surface area (Å²) in [6, 6.07) is 2.37. The Morgan fingerprint density at radius 2 is 2.18 bits per heavy atom. The number of pyridine rings is 1. The quantitative estimate of drug-likeness (QED) is 0.788. The zero-order valence-corrected chi connectivity index (χ0v) is 11.8. The Morgan fingerprint density at radius 1 is 1.41 bits per heavy atom. The topological polar surface area (TPSA) is 24.9 Å². The maximum Gasteiger partial charge on any atom is 0.0637 e. The van der Waals surface area contributed by atoms with Crippen LogP contribution in [0.3, 0.4) is 0 Å². The minimum absolute atomic E-state index is 0.344. The van der Waals surface area contributed by atoms with Crippen molar-refractivity contribution in [1.29, 1.82) is 0 Å². The summed E-state index contributed by atoms with van der Waals surface area (Å²) in [4.78, 5) is 4.04. The van der Waals surface area contributed by atoms with Gasteiger partial charge >= 0.3 is 0 Å². The average Bonchev–Trinajstić information content (AvgIpc) is 2.29. The largest absolute Gasteiger partial charge is 0.310 e. The first kappa shape index (κ1) is 14.5. The summed E-state index contributed by atoms with van der Waals surface area (Å²) in [5.41, 5.74) is 1.17. The Bertz CT molecular complexity index is 328. The lowest BCUT2D eigenvalue weighted by molar-refractivity contribution is 0.395. The van der Waals surface area contributed by atoms with Crippen LogP contribution in [0.15, 0.2) is 18.5 Å². The summed E-state index contributed by atoms with van der Waals surface area (Å²) in [6.07, 6.45) is 7.18.